The molecule has 4 aromatic carbocycles. The van der Waals surface area contributed by atoms with Crippen LogP contribution in [0.1, 0.15) is 21.5 Å². The molecule has 0 saturated carbocycles. The zero-order chi connectivity index (χ0) is 24.1. The van der Waals surface area contributed by atoms with Crippen LogP contribution in [0.15, 0.2) is 82.4 Å². The van der Waals surface area contributed by atoms with Crippen LogP contribution in [0.5, 0.6) is 17.2 Å². The molecule has 4 aromatic rings. The number of aromatic hydroxyl groups is 1. The van der Waals surface area contributed by atoms with Gasteiger partial charge in [0.1, 0.15) is 18.2 Å². The maximum atomic E-state index is 13.1. The van der Waals surface area contributed by atoms with Crippen LogP contribution >= 0.6 is 15.9 Å². The Balaban J connectivity index is 1.46. The van der Waals surface area contributed by atoms with Gasteiger partial charge in [0, 0.05) is 10.0 Å². The van der Waals surface area contributed by atoms with Gasteiger partial charge >= 0.3 is 0 Å². The third-order valence-electron chi connectivity index (χ3n) is 5.07. The number of carbonyl (C=O) groups excluding carboxylic acids is 1. The van der Waals surface area contributed by atoms with Gasteiger partial charge in [0.2, 0.25) is 0 Å². The molecule has 0 bridgehead atoms. The SMILES string of the molecule is COc1cc(C=NNC(=O)c2cc3ccccc3cc2O)c(Br)cc1OCc1ccc(F)cc1. The van der Waals surface area contributed by atoms with Gasteiger partial charge in [-0.15, -0.1) is 0 Å². The zero-order valence-corrected chi connectivity index (χ0v) is 19.7. The third kappa shape index (κ3) is 5.35. The summed E-state index contributed by atoms with van der Waals surface area (Å²) in [5.41, 5.74) is 4.00. The summed E-state index contributed by atoms with van der Waals surface area (Å²) in [5.74, 6) is -0.0272. The topological polar surface area (TPSA) is 80.2 Å². The molecule has 6 nitrogen and oxygen atoms in total. The minimum atomic E-state index is -0.540. The molecule has 0 aliphatic carbocycles. The fourth-order valence-corrected chi connectivity index (χ4v) is 3.72. The number of nitrogens with one attached hydrogen (secondary N) is 1. The van der Waals surface area contributed by atoms with Crippen LogP contribution < -0.4 is 14.9 Å². The predicted molar refractivity (Wildman–Crippen MR) is 132 cm³/mol. The molecule has 172 valence electrons. The van der Waals surface area contributed by atoms with Gasteiger partial charge < -0.3 is 14.6 Å². The minimum absolute atomic E-state index is 0.122. The van der Waals surface area contributed by atoms with Gasteiger partial charge in [-0.1, -0.05) is 36.4 Å². The van der Waals surface area contributed by atoms with Gasteiger partial charge in [-0.05, 0) is 68.7 Å². The summed E-state index contributed by atoms with van der Waals surface area (Å²) in [7, 11) is 1.51. The average Bonchev–Trinajstić information content (AvgIpc) is 2.84. The quantitative estimate of drug-likeness (QED) is 0.237. The summed E-state index contributed by atoms with van der Waals surface area (Å²) >= 11 is 3.47. The van der Waals surface area contributed by atoms with Gasteiger partial charge in [-0.3, -0.25) is 4.79 Å². The molecule has 8 heteroatoms. The first-order valence-corrected chi connectivity index (χ1v) is 11.0. The first-order valence-electron chi connectivity index (χ1n) is 10.2. The number of benzene rings is 4. The van der Waals surface area contributed by atoms with Crippen LogP contribution in [-0.4, -0.2) is 24.3 Å². The number of hydrazone groups is 1. The lowest BCUT2D eigenvalue weighted by Crippen LogP contribution is -2.17. The molecule has 0 unspecified atom stereocenters. The van der Waals surface area contributed by atoms with Gasteiger partial charge in [-0.25, -0.2) is 9.82 Å². The summed E-state index contributed by atoms with van der Waals surface area (Å²) < 4.78 is 25.0. The van der Waals surface area contributed by atoms with Crippen molar-refractivity contribution in [3.05, 3.63) is 99.8 Å². The van der Waals surface area contributed by atoms with E-state index in [0.29, 0.717) is 21.5 Å². The zero-order valence-electron chi connectivity index (χ0n) is 18.1. The summed E-state index contributed by atoms with van der Waals surface area (Å²) in [6.45, 7) is 0.238. The molecule has 1 amide bonds. The van der Waals surface area contributed by atoms with Crippen molar-refractivity contribution in [2.24, 2.45) is 5.10 Å². The number of phenolic OH excluding ortho intramolecular Hbond substituents is 1. The van der Waals surface area contributed by atoms with E-state index in [1.165, 1.54) is 25.5 Å². The van der Waals surface area contributed by atoms with Crippen molar-refractivity contribution in [3.8, 4) is 17.2 Å². The van der Waals surface area contributed by atoms with Crippen molar-refractivity contribution in [2.75, 3.05) is 7.11 Å². The highest BCUT2D eigenvalue weighted by atomic mass is 79.9. The minimum Gasteiger partial charge on any atom is -0.507 e. The number of hydrogen-bond donors (Lipinski definition) is 2. The van der Waals surface area contributed by atoms with Crippen LogP contribution in [0.2, 0.25) is 0 Å². The number of methoxy groups -OCH3 is 1. The molecule has 0 fully saturated rings. The lowest BCUT2D eigenvalue weighted by Gasteiger charge is -2.13. The fraction of sp³-hybridized carbons (Fsp3) is 0.0769. The van der Waals surface area contributed by atoms with Crippen LogP contribution in [0.4, 0.5) is 4.39 Å². The molecule has 34 heavy (non-hydrogen) atoms. The number of carbonyl (C=O) groups is 1. The van der Waals surface area contributed by atoms with Crippen molar-refractivity contribution in [1.29, 1.82) is 0 Å². The second-order valence-electron chi connectivity index (χ2n) is 7.36. The van der Waals surface area contributed by atoms with Gasteiger partial charge in [0.05, 0.1) is 18.9 Å². The highest BCUT2D eigenvalue weighted by Gasteiger charge is 2.13. The van der Waals surface area contributed by atoms with E-state index in [0.717, 1.165) is 16.3 Å². The first-order chi connectivity index (χ1) is 16.4. The molecule has 0 heterocycles. The Hall–Kier alpha value is -3.91. The van der Waals surface area contributed by atoms with E-state index in [-0.39, 0.29) is 23.7 Å². The summed E-state index contributed by atoms with van der Waals surface area (Å²) in [6.07, 6.45) is 1.45. The highest BCUT2D eigenvalue weighted by Crippen LogP contribution is 2.33. The Morgan fingerprint density at radius 3 is 2.47 bits per heavy atom. The molecule has 2 N–H and O–H groups in total. The van der Waals surface area contributed by atoms with Crippen LogP contribution in [-0.2, 0) is 6.61 Å². The molecule has 0 spiro atoms. The maximum Gasteiger partial charge on any atom is 0.275 e. The molecule has 0 aliphatic rings. The fourth-order valence-electron chi connectivity index (χ4n) is 3.29. The predicted octanol–water partition coefficient (Wildman–Crippen LogP) is 5.80. The second-order valence-corrected chi connectivity index (χ2v) is 8.21. The largest absolute Gasteiger partial charge is 0.507 e. The second kappa shape index (κ2) is 10.4. The third-order valence-corrected chi connectivity index (χ3v) is 5.76. The number of rotatable bonds is 7. The summed E-state index contributed by atoms with van der Waals surface area (Å²) in [5, 5.41) is 15.9. The number of ether oxygens (including phenoxy) is 2. The van der Waals surface area contributed by atoms with Crippen molar-refractivity contribution in [2.45, 2.75) is 6.61 Å². The number of phenols is 1. The van der Waals surface area contributed by atoms with Crippen molar-refractivity contribution in [3.63, 3.8) is 0 Å². The van der Waals surface area contributed by atoms with Crippen LogP contribution in [0, 0.1) is 5.82 Å². The maximum absolute atomic E-state index is 13.1. The Bertz CT molecular complexity index is 1370. The molecule has 0 atom stereocenters. The molecule has 4 rings (SSSR count). The van der Waals surface area contributed by atoms with E-state index >= 15 is 0 Å². The van der Waals surface area contributed by atoms with E-state index < -0.39 is 5.91 Å². The Morgan fingerprint density at radius 2 is 1.76 bits per heavy atom. The van der Waals surface area contributed by atoms with E-state index in [4.69, 9.17) is 9.47 Å². The van der Waals surface area contributed by atoms with E-state index in [2.05, 4.69) is 26.5 Å². The molecule has 0 saturated heterocycles. The Labute approximate surface area is 203 Å². The Kier molecular flexibility index (Phi) is 7.08. The number of amides is 1. The number of hydrogen-bond acceptors (Lipinski definition) is 5. The average molecular weight is 523 g/mol. The van der Waals surface area contributed by atoms with Crippen molar-refractivity contribution < 1.29 is 23.8 Å². The van der Waals surface area contributed by atoms with Gasteiger partial charge in [-0.2, -0.15) is 5.10 Å². The smallest absolute Gasteiger partial charge is 0.275 e. The molecule has 0 radical (unpaired) electrons. The molecular weight excluding hydrogens is 503 g/mol. The lowest BCUT2D eigenvalue weighted by atomic mass is 10.1. The van der Waals surface area contributed by atoms with Crippen molar-refractivity contribution >= 4 is 38.8 Å². The molecular formula is C26H20BrFN2O4. The van der Waals surface area contributed by atoms with E-state index in [1.54, 1.807) is 36.4 Å². The van der Waals surface area contributed by atoms with Gasteiger partial charge in [0.25, 0.3) is 5.91 Å². The van der Waals surface area contributed by atoms with Crippen LogP contribution in [0.25, 0.3) is 10.8 Å². The van der Waals surface area contributed by atoms with Gasteiger partial charge in [0.15, 0.2) is 11.5 Å². The standard InChI is InChI=1S/C26H20BrFN2O4/c1-33-24-12-19(22(27)13-25(24)34-15-16-6-8-20(28)9-7-16)14-29-30-26(32)21-10-17-4-2-3-5-18(17)11-23(21)31/h2-14,31H,15H2,1H3,(H,30,32). The molecule has 0 aliphatic heterocycles. The normalized spacial score (nSPS) is 11.0. The summed E-state index contributed by atoms with van der Waals surface area (Å²) in [4.78, 5) is 12.5. The monoisotopic (exact) mass is 522 g/mol. The van der Waals surface area contributed by atoms with Crippen molar-refractivity contribution in [1.82, 2.24) is 5.43 Å². The van der Waals surface area contributed by atoms with E-state index in [9.17, 15) is 14.3 Å². The highest BCUT2D eigenvalue weighted by molar-refractivity contribution is 9.10. The molecule has 0 aromatic heterocycles. The lowest BCUT2D eigenvalue weighted by molar-refractivity contribution is 0.0952. The van der Waals surface area contributed by atoms with Crippen LogP contribution in [0.3, 0.4) is 0 Å². The number of halogens is 2. The van der Waals surface area contributed by atoms with E-state index in [1.807, 2.05) is 24.3 Å². The Morgan fingerprint density at radius 1 is 1.06 bits per heavy atom. The summed E-state index contributed by atoms with van der Waals surface area (Å²) in [6, 6.07) is 20.0. The first kappa shape index (κ1) is 23.3. The number of nitrogens with zero attached hydrogens (tertiary/aromatic N) is 1. The number of fused-ring (bicyclic) bond motifs is 1.